The van der Waals surface area contributed by atoms with Crippen molar-refractivity contribution in [2.45, 2.75) is 31.5 Å². The molecule has 1 aromatic heterocycles. The molecule has 0 amide bonds. The van der Waals surface area contributed by atoms with Crippen LogP contribution >= 0.6 is 23.5 Å². The van der Waals surface area contributed by atoms with Crippen LogP contribution in [0.25, 0.3) is 0 Å². The molecule has 172 valence electrons. The van der Waals surface area contributed by atoms with E-state index in [9.17, 15) is 37.7 Å². The Labute approximate surface area is 165 Å². The number of halogens is 1. The summed E-state index contributed by atoms with van der Waals surface area (Å²) in [7, 11) is -16.9. The van der Waals surface area contributed by atoms with E-state index in [-0.39, 0.29) is 5.56 Å². The summed E-state index contributed by atoms with van der Waals surface area (Å²) < 4.78 is 64.8. The van der Waals surface area contributed by atoms with E-state index in [1.807, 2.05) is 4.98 Å². The Hall–Kier alpha value is -1.06. The average Bonchev–Trinajstić information content (AvgIpc) is 2.81. The van der Waals surface area contributed by atoms with Crippen LogP contribution in [0.3, 0.4) is 0 Å². The second kappa shape index (κ2) is 8.82. The van der Waals surface area contributed by atoms with E-state index in [1.54, 1.807) is 0 Å². The number of nitrogens with one attached hydrogen (secondary N) is 1. The van der Waals surface area contributed by atoms with Crippen LogP contribution in [0.5, 0.6) is 0 Å². The monoisotopic (exact) mass is 500 g/mol. The van der Waals surface area contributed by atoms with Gasteiger partial charge in [-0.15, -0.1) is 0 Å². The van der Waals surface area contributed by atoms with Gasteiger partial charge < -0.3 is 29.4 Å². The van der Waals surface area contributed by atoms with Gasteiger partial charge in [-0.05, 0) is 6.92 Å². The number of alkyl halides is 1. The van der Waals surface area contributed by atoms with Gasteiger partial charge >= 0.3 is 29.2 Å². The van der Waals surface area contributed by atoms with E-state index in [4.69, 9.17) is 19.4 Å². The minimum atomic E-state index is -5.76. The first-order valence-electron chi connectivity index (χ1n) is 7.59. The van der Waals surface area contributed by atoms with Gasteiger partial charge in [0, 0.05) is 11.8 Å². The Balaban J connectivity index is 2.09. The third kappa shape index (κ3) is 6.47. The number of aromatic nitrogens is 2. The molecule has 1 aromatic rings. The number of aliphatic hydroxyl groups excluding tert-OH is 1. The van der Waals surface area contributed by atoms with E-state index in [0.717, 1.165) is 6.20 Å². The van der Waals surface area contributed by atoms with Gasteiger partial charge in [0.05, 0.1) is 6.61 Å². The second-order valence-electron chi connectivity index (χ2n) is 5.87. The fourth-order valence-corrected chi connectivity index (χ4v) is 5.34. The van der Waals surface area contributed by atoms with E-state index in [1.165, 1.54) is 6.92 Å². The van der Waals surface area contributed by atoms with E-state index in [2.05, 4.69) is 13.1 Å². The van der Waals surface area contributed by atoms with Crippen molar-refractivity contribution in [2.24, 2.45) is 0 Å². The number of H-pyrrole nitrogens is 1. The van der Waals surface area contributed by atoms with Crippen molar-refractivity contribution in [3.8, 4) is 0 Å². The maximum absolute atomic E-state index is 14.4. The third-order valence-corrected chi connectivity index (χ3v) is 7.33. The van der Waals surface area contributed by atoms with Crippen molar-refractivity contribution in [1.29, 1.82) is 0 Å². The molecule has 30 heavy (non-hydrogen) atoms. The Bertz CT molecular complexity index is 1050. The van der Waals surface area contributed by atoms with E-state index < -0.39 is 65.9 Å². The fraction of sp³-hybridized carbons (Fsp3) is 0.600. The van der Waals surface area contributed by atoms with Crippen LogP contribution in [0.4, 0.5) is 4.39 Å². The Kier molecular flexibility index (Phi) is 7.41. The molecule has 1 aliphatic heterocycles. The van der Waals surface area contributed by atoms with Crippen molar-refractivity contribution < 1.29 is 60.6 Å². The number of phosphoric ester groups is 1. The number of ether oxygens (including phenoxy) is 1. The molecule has 1 aliphatic rings. The molecule has 20 heteroatoms. The highest BCUT2D eigenvalue weighted by Crippen LogP contribution is 2.66. The normalized spacial score (nSPS) is 28.8. The van der Waals surface area contributed by atoms with Crippen LogP contribution in [0.15, 0.2) is 15.8 Å². The zero-order chi connectivity index (χ0) is 23.1. The molecule has 2 heterocycles. The minimum Gasteiger partial charge on any atom is -0.387 e. The first kappa shape index (κ1) is 25.2. The quantitative estimate of drug-likeness (QED) is 0.229. The van der Waals surface area contributed by atoms with Crippen LogP contribution in [-0.2, 0) is 31.6 Å². The lowest BCUT2D eigenvalue weighted by Gasteiger charge is -2.19. The summed E-state index contributed by atoms with van der Waals surface area (Å²) in [6, 6.07) is 0. The van der Waals surface area contributed by atoms with Gasteiger partial charge in [0.15, 0.2) is 12.4 Å². The fourth-order valence-electron chi connectivity index (χ4n) is 2.31. The predicted octanol–water partition coefficient (Wildman–Crippen LogP) is -1.22. The van der Waals surface area contributed by atoms with Crippen molar-refractivity contribution in [2.75, 3.05) is 6.61 Å². The van der Waals surface area contributed by atoms with E-state index >= 15 is 0 Å². The summed E-state index contributed by atoms with van der Waals surface area (Å²) >= 11 is 0. The van der Waals surface area contributed by atoms with Gasteiger partial charge in [-0.3, -0.25) is 18.9 Å². The Morgan fingerprint density at radius 1 is 1.17 bits per heavy atom. The average molecular weight is 500 g/mol. The summed E-state index contributed by atoms with van der Waals surface area (Å²) in [5.74, 6) is 0. The summed E-state index contributed by atoms with van der Waals surface area (Å²) in [4.78, 5) is 60.4. The summed E-state index contributed by atoms with van der Waals surface area (Å²) in [6.07, 6.45) is -6.79. The molecule has 0 aliphatic carbocycles. The molecule has 1 fully saturated rings. The molecule has 6 unspecified atom stereocenters. The first-order chi connectivity index (χ1) is 13.5. The highest BCUT2D eigenvalue weighted by Gasteiger charge is 2.47. The third-order valence-electron chi connectivity index (χ3n) is 3.53. The van der Waals surface area contributed by atoms with Gasteiger partial charge in [-0.1, -0.05) is 0 Å². The van der Waals surface area contributed by atoms with E-state index in [0.29, 0.717) is 4.57 Å². The highest BCUT2D eigenvalue weighted by molar-refractivity contribution is 7.66. The molecule has 0 saturated carbocycles. The molecule has 0 spiro atoms. The van der Waals surface area contributed by atoms with Crippen molar-refractivity contribution in [3.05, 3.63) is 32.6 Å². The van der Waals surface area contributed by atoms with Gasteiger partial charge in [0.1, 0.15) is 12.2 Å². The molecule has 6 atom stereocenters. The Morgan fingerprint density at radius 2 is 1.77 bits per heavy atom. The number of rotatable bonds is 8. The number of hydrogen-bond acceptors (Lipinski definition) is 10. The largest absolute Gasteiger partial charge is 0.490 e. The summed E-state index contributed by atoms with van der Waals surface area (Å²) in [6.45, 7) is 0.180. The molecule has 0 bridgehead atoms. The first-order valence-corrected chi connectivity index (χ1v) is 12.1. The molecule has 0 radical (unpaired) electrons. The number of phosphoric acid groups is 3. The maximum atomic E-state index is 14.4. The highest BCUT2D eigenvalue weighted by atomic mass is 31.3. The van der Waals surface area contributed by atoms with Gasteiger partial charge in [0.2, 0.25) is 0 Å². The number of nitrogens with zero attached hydrogens (tertiary/aromatic N) is 1. The number of hydrogen-bond donors (Lipinski definition) is 6. The van der Waals surface area contributed by atoms with Crippen molar-refractivity contribution in [3.63, 3.8) is 0 Å². The van der Waals surface area contributed by atoms with Crippen molar-refractivity contribution in [1.82, 2.24) is 9.55 Å². The molecule has 6 N–H and O–H groups in total. The summed E-state index contributed by atoms with van der Waals surface area (Å²) in [5.41, 5.74) is -1.80. The van der Waals surface area contributed by atoms with Gasteiger partial charge in [-0.2, -0.15) is 8.62 Å². The second-order valence-corrected chi connectivity index (χ2v) is 10.3. The lowest BCUT2D eigenvalue weighted by Crippen LogP contribution is -2.36. The maximum Gasteiger partial charge on any atom is 0.490 e. The van der Waals surface area contributed by atoms with Crippen LogP contribution < -0.4 is 11.2 Å². The molecule has 2 rings (SSSR count). The van der Waals surface area contributed by atoms with Crippen LogP contribution in [0.1, 0.15) is 11.8 Å². The number of aliphatic hydroxyl groups is 1. The van der Waals surface area contributed by atoms with Crippen LogP contribution in [-0.4, -0.2) is 59.2 Å². The lowest BCUT2D eigenvalue weighted by molar-refractivity contribution is -0.0483. The molecular weight excluding hydrogens is 484 g/mol. The predicted molar refractivity (Wildman–Crippen MR) is 90.7 cm³/mol. The summed E-state index contributed by atoms with van der Waals surface area (Å²) in [5, 5.41) is 9.87. The smallest absolute Gasteiger partial charge is 0.387 e. The number of aryl methyl sites for hydroxylation is 1. The van der Waals surface area contributed by atoms with Crippen LogP contribution in [0, 0.1) is 6.92 Å². The van der Waals surface area contributed by atoms with Crippen LogP contribution in [0.2, 0.25) is 0 Å². The van der Waals surface area contributed by atoms with Gasteiger partial charge in [0.25, 0.3) is 5.56 Å². The minimum absolute atomic E-state index is 0.0107. The lowest BCUT2D eigenvalue weighted by atomic mass is 10.1. The topological polar surface area (TPSA) is 244 Å². The molecule has 0 aromatic carbocycles. The number of aromatic amines is 1. The Morgan fingerprint density at radius 3 is 2.33 bits per heavy atom. The SMILES string of the molecule is Cc1cn(C2OC(COP(=O)(O)OP(=O)(O)OP(=O)(O)O)C(O)C2F)c(=O)[nH]c1=O. The van der Waals surface area contributed by atoms with Crippen molar-refractivity contribution >= 4 is 23.5 Å². The van der Waals surface area contributed by atoms with Gasteiger partial charge in [-0.25, -0.2) is 22.9 Å². The molecule has 16 nitrogen and oxygen atoms in total. The zero-order valence-electron chi connectivity index (χ0n) is 14.7. The molecule has 1 saturated heterocycles. The zero-order valence-corrected chi connectivity index (χ0v) is 17.4. The standard InChI is InChI=1S/C10H16FN2O14P3/c1-4-2-13(10(16)12-8(4)15)9-6(11)7(14)5(25-9)3-24-29(20,21)27-30(22,23)26-28(17,18)19/h2,5-7,9,14H,3H2,1H3,(H,20,21)(H,22,23)(H,12,15,16)(H2,17,18,19). The molecular formula is C10H16FN2O14P3.